The van der Waals surface area contributed by atoms with Crippen molar-refractivity contribution < 1.29 is 9.90 Å². The van der Waals surface area contributed by atoms with Crippen molar-refractivity contribution in [3.8, 4) is 0 Å². The number of fused-ring (bicyclic) bond motifs is 1. The number of hydrogen-bond donors (Lipinski definition) is 1. The zero-order valence-corrected chi connectivity index (χ0v) is 12.5. The highest BCUT2D eigenvalue weighted by atomic mass is 79.9. The lowest BCUT2D eigenvalue weighted by atomic mass is 9.77. The van der Waals surface area contributed by atoms with E-state index in [1.807, 2.05) is 6.07 Å². The van der Waals surface area contributed by atoms with E-state index in [2.05, 4.69) is 48.8 Å². The van der Waals surface area contributed by atoms with E-state index in [0.29, 0.717) is 6.54 Å². The lowest BCUT2D eigenvalue weighted by Gasteiger charge is -2.43. The number of carbonyl (C=O) groups is 1. The number of amides is 1. The highest BCUT2D eigenvalue weighted by molar-refractivity contribution is 9.10. The van der Waals surface area contributed by atoms with Gasteiger partial charge in [0.05, 0.1) is 6.04 Å². The van der Waals surface area contributed by atoms with Gasteiger partial charge in [-0.05, 0) is 35.1 Å². The van der Waals surface area contributed by atoms with Crippen LogP contribution in [0.1, 0.15) is 37.9 Å². The van der Waals surface area contributed by atoms with Crippen molar-refractivity contribution in [1.29, 1.82) is 0 Å². The molecule has 1 atom stereocenters. The molecular weight excluding hydrogens is 294 g/mol. The molecule has 1 N–H and O–H groups in total. The third kappa shape index (κ3) is 2.39. The number of halogens is 1. The zero-order chi connectivity index (χ0) is 13.5. The highest BCUT2D eigenvalue weighted by Gasteiger charge is 2.38. The van der Waals surface area contributed by atoms with Gasteiger partial charge in [0.25, 0.3) is 0 Å². The Kier molecular flexibility index (Phi) is 3.41. The molecule has 1 aliphatic rings. The van der Waals surface area contributed by atoms with Gasteiger partial charge in [0.1, 0.15) is 0 Å². The van der Waals surface area contributed by atoms with Gasteiger partial charge in [-0.2, -0.15) is 0 Å². The van der Waals surface area contributed by atoms with Gasteiger partial charge in [-0.15, -0.1) is 0 Å². The number of rotatable bonds is 0. The van der Waals surface area contributed by atoms with E-state index < -0.39 is 6.09 Å². The maximum Gasteiger partial charge on any atom is 0.407 e. The molecule has 0 aromatic heterocycles. The summed E-state index contributed by atoms with van der Waals surface area (Å²) in [4.78, 5) is 13.0. The van der Waals surface area contributed by atoms with Gasteiger partial charge in [0, 0.05) is 11.0 Å². The minimum atomic E-state index is -0.833. The number of carboxylic acid groups (broad SMARTS) is 1. The van der Waals surface area contributed by atoms with Gasteiger partial charge < -0.3 is 10.0 Å². The summed E-state index contributed by atoms with van der Waals surface area (Å²) in [7, 11) is 0. The molecule has 3 nitrogen and oxygen atoms in total. The Morgan fingerprint density at radius 3 is 2.67 bits per heavy atom. The fourth-order valence-corrected chi connectivity index (χ4v) is 3.10. The summed E-state index contributed by atoms with van der Waals surface area (Å²) < 4.78 is 1.00. The Bertz CT molecular complexity index is 479. The Morgan fingerprint density at radius 2 is 2.11 bits per heavy atom. The Balaban J connectivity index is 2.55. The molecule has 2 rings (SSSR count). The van der Waals surface area contributed by atoms with Crippen LogP contribution in [-0.4, -0.2) is 22.6 Å². The molecule has 0 radical (unpaired) electrons. The second-order valence-electron chi connectivity index (χ2n) is 5.84. The minimum Gasteiger partial charge on any atom is -0.465 e. The van der Waals surface area contributed by atoms with E-state index in [-0.39, 0.29) is 11.5 Å². The number of hydrogen-bond acceptors (Lipinski definition) is 1. The van der Waals surface area contributed by atoms with Gasteiger partial charge in [-0.1, -0.05) is 42.8 Å². The van der Waals surface area contributed by atoms with Crippen LogP contribution in [0.3, 0.4) is 0 Å². The Hall–Kier alpha value is -1.03. The lowest BCUT2D eigenvalue weighted by Crippen LogP contribution is -2.44. The lowest BCUT2D eigenvalue weighted by molar-refractivity contribution is 0.0759. The molecule has 1 aromatic rings. The first-order valence-corrected chi connectivity index (χ1v) is 6.88. The summed E-state index contributed by atoms with van der Waals surface area (Å²) in [6.07, 6.45) is -0.0397. The summed E-state index contributed by atoms with van der Waals surface area (Å²) in [5.41, 5.74) is 2.27. The molecule has 4 heteroatoms. The third-order valence-electron chi connectivity index (χ3n) is 3.40. The monoisotopic (exact) mass is 311 g/mol. The first-order valence-electron chi connectivity index (χ1n) is 6.08. The van der Waals surface area contributed by atoms with Crippen LogP contribution in [0.25, 0.3) is 0 Å². The molecule has 0 saturated carbocycles. The smallest absolute Gasteiger partial charge is 0.407 e. The molecule has 0 aliphatic carbocycles. The molecule has 98 valence electrons. The SMILES string of the molecule is CC(C)(C)C1c2cc(Br)ccc2CCN1C(=O)O. The first-order chi connectivity index (χ1) is 8.30. The van der Waals surface area contributed by atoms with Crippen LogP contribution >= 0.6 is 15.9 Å². The van der Waals surface area contributed by atoms with E-state index in [4.69, 9.17) is 0 Å². The summed E-state index contributed by atoms with van der Waals surface area (Å²) in [5.74, 6) is 0. The Morgan fingerprint density at radius 1 is 1.44 bits per heavy atom. The van der Waals surface area contributed by atoms with E-state index in [1.54, 1.807) is 4.90 Å². The quantitative estimate of drug-likeness (QED) is 0.784. The summed E-state index contributed by atoms with van der Waals surface area (Å²) >= 11 is 3.48. The standard InChI is InChI=1S/C14H18BrNO2/c1-14(2,3)12-11-8-10(15)5-4-9(11)6-7-16(12)13(17)18/h4-5,8,12H,6-7H2,1-3H3,(H,17,18). The summed E-state index contributed by atoms with van der Waals surface area (Å²) in [5, 5.41) is 9.38. The Labute approximate surface area is 116 Å². The maximum atomic E-state index is 11.4. The van der Waals surface area contributed by atoms with Gasteiger partial charge in [-0.25, -0.2) is 4.79 Å². The maximum absolute atomic E-state index is 11.4. The van der Waals surface area contributed by atoms with Crippen LogP contribution in [0.4, 0.5) is 4.79 Å². The highest BCUT2D eigenvalue weighted by Crippen LogP contribution is 2.42. The first kappa shape index (κ1) is 13.4. The average Bonchev–Trinajstić information content (AvgIpc) is 2.25. The van der Waals surface area contributed by atoms with Crippen LogP contribution in [-0.2, 0) is 6.42 Å². The van der Waals surface area contributed by atoms with Crippen molar-refractivity contribution in [3.63, 3.8) is 0 Å². The second kappa shape index (κ2) is 4.57. The molecule has 0 saturated heterocycles. The number of nitrogens with zero attached hydrogens (tertiary/aromatic N) is 1. The third-order valence-corrected chi connectivity index (χ3v) is 3.90. The van der Waals surface area contributed by atoms with Gasteiger partial charge in [0.2, 0.25) is 0 Å². The van der Waals surface area contributed by atoms with E-state index in [1.165, 1.54) is 5.56 Å². The molecule has 0 bridgehead atoms. The topological polar surface area (TPSA) is 40.5 Å². The molecule has 1 aromatic carbocycles. The molecule has 1 aliphatic heterocycles. The van der Waals surface area contributed by atoms with Gasteiger partial charge in [-0.3, -0.25) is 0 Å². The predicted molar refractivity (Wildman–Crippen MR) is 74.8 cm³/mol. The van der Waals surface area contributed by atoms with Crippen LogP contribution in [0.5, 0.6) is 0 Å². The van der Waals surface area contributed by atoms with Crippen LogP contribution in [0, 0.1) is 5.41 Å². The van der Waals surface area contributed by atoms with Crippen molar-refractivity contribution >= 4 is 22.0 Å². The molecule has 0 fully saturated rings. The average molecular weight is 312 g/mol. The normalized spacial score (nSPS) is 19.6. The summed E-state index contributed by atoms with van der Waals surface area (Å²) in [6, 6.07) is 6.09. The molecule has 0 spiro atoms. The molecule has 1 unspecified atom stereocenters. The molecular formula is C14H18BrNO2. The fourth-order valence-electron chi connectivity index (χ4n) is 2.73. The van der Waals surface area contributed by atoms with Crippen LogP contribution in [0.2, 0.25) is 0 Å². The van der Waals surface area contributed by atoms with E-state index >= 15 is 0 Å². The largest absolute Gasteiger partial charge is 0.465 e. The number of benzene rings is 1. The predicted octanol–water partition coefficient (Wildman–Crippen LogP) is 4.07. The van der Waals surface area contributed by atoms with Crippen LogP contribution in [0.15, 0.2) is 22.7 Å². The van der Waals surface area contributed by atoms with Crippen LogP contribution < -0.4 is 0 Å². The minimum absolute atomic E-state index is 0.0868. The molecule has 1 heterocycles. The van der Waals surface area contributed by atoms with Crippen molar-refractivity contribution in [2.45, 2.75) is 33.2 Å². The van der Waals surface area contributed by atoms with E-state index in [0.717, 1.165) is 16.5 Å². The summed E-state index contributed by atoms with van der Waals surface area (Å²) in [6.45, 7) is 6.84. The van der Waals surface area contributed by atoms with Gasteiger partial charge >= 0.3 is 6.09 Å². The van der Waals surface area contributed by atoms with Crippen molar-refractivity contribution in [3.05, 3.63) is 33.8 Å². The molecule has 1 amide bonds. The zero-order valence-electron chi connectivity index (χ0n) is 10.9. The van der Waals surface area contributed by atoms with Crippen molar-refractivity contribution in [1.82, 2.24) is 4.90 Å². The fraction of sp³-hybridized carbons (Fsp3) is 0.500. The molecule has 18 heavy (non-hydrogen) atoms. The van der Waals surface area contributed by atoms with Gasteiger partial charge in [0.15, 0.2) is 0 Å². The second-order valence-corrected chi connectivity index (χ2v) is 6.75. The van der Waals surface area contributed by atoms with Crippen molar-refractivity contribution in [2.24, 2.45) is 5.41 Å². The van der Waals surface area contributed by atoms with Crippen molar-refractivity contribution in [2.75, 3.05) is 6.54 Å². The van der Waals surface area contributed by atoms with E-state index in [9.17, 15) is 9.90 Å².